The highest BCUT2D eigenvalue weighted by atomic mass is 16.3. The Balaban J connectivity index is 1.75. The van der Waals surface area contributed by atoms with Crippen molar-refractivity contribution in [3.8, 4) is 11.6 Å². The van der Waals surface area contributed by atoms with Crippen LogP contribution in [0.15, 0.2) is 52.9 Å². The summed E-state index contributed by atoms with van der Waals surface area (Å²) in [5, 5.41) is 5.64. The highest BCUT2D eigenvalue weighted by molar-refractivity contribution is 5.93. The fraction of sp³-hybridized carbons (Fsp3) is 0.273. The zero-order chi connectivity index (χ0) is 18.8. The first-order chi connectivity index (χ1) is 13.1. The minimum absolute atomic E-state index is 0.611. The maximum Gasteiger partial charge on any atom is 0.198 e. The Labute approximate surface area is 159 Å². The first-order valence-corrected chi connectivity index (χ1v) is 9.27. The molecular formula is C22H24N4O. The van der Waals surface area contributed by atoms with Crippen molar-refractivity contribution in [1.29, 1.82) is 0 Å². The van der Waals surface area contributed by atoms with Crippen LogP contribution in [-0.2, 0) is 0 Å². The third-order valence-corrected chi connectivity index (χ3v) is 4.65. The van der Waals surface area contributed by atoms with Gasteiger partial charge in [0.15, 0.2) is 11.6 Å². The summed E-state index contributed by atoms with van der Waals surface area (Å²) in [6.45, 7) is 3.99. The minimum Gasteiger partial charge on any atom is -0.453 e. The molecule has 0 aliphatic rings. The van der Waals surface area contributed by atoms with E-state index in [1.165, 1.54) is 5.56 Å². The monoisotopic (exact) mass is 360 g/mol. The highest BCUT2D eigenvalue weighted by Gasteiger charge is 2.14. The molecule has 27 heavy (non-hydrogen) atoms. The van der Waals surface area contributed by atoms with Gasteiger partial charge in [-0.3, -0.25) is 0 Å². The van der Waals surface area contributed by atoms with Crippen molar-refractivity contribution < 1.29 is 4.42 Å². The fourth-order valence-corrected chi connectivity index (χ4v) is 3.29. The van der Waals surface area contributed by atoms with E-state index < -0.39 is 0 Å². The van der Waals surface area contributed by atoms with E-state index in [2.05, 4.69) is 37.3 Å². The van der Waals surface area contributed by atoms with Crippen LogP contribution in [0, 0.1) is 6.92 Å². The molecule has 0 bridgehead atoms. The molecule has 0 spiro atoms. The van der Waals surface area contributed by atoms with Crippen LogP contribution in [-0.4, -0.2) is 42.1 Å². The van der Waals surface area contributed by atoms with Gasteiger partial charge in [0, 0.05) is 17.3 Å². The van der Waals surface area contributed by atoms with Gasteiger partial charge in [-0.1, -0.05) is 30.3 Å². The molecule has 0 amide bonds. The Kier molecular flexibility index (Phi) is 4.77. The van der Waals surface area contributed by atoms with Gasteiger partial charge >= 0.3 is 0 Å². The van der Waals surface area contributed by atoms with Crippen LogP contribution >= 0.6 is 0 Å². The Morgan fingerprint density at radius 1 is 1.04 bits per heavy atom. The van der Waals surface area contributed by atoms with Gasteiger partial charge in [0.05, 0.1) is 5.52 Å². The van der Waals surface area contributed by atoms with Crippen LogP contribution in [0.1, 0.15) is 12.0 Å². The average Bonchev–Trinajstić information content (AvgIpc) is 3.09. The molecule has 1 N–H and O–H groups in total. The molecule has 0 saturated carbocycles. The van der Waals surface area contributed by atoms with Crippen LogP contribution in [0.4, 0.5) is 5.82 Å². The molecule has 0 fully saturated rings. The normalized spacial score (nSPS) is 11.6. The minimum atomic E-state index is 0.611. The molecule has 0 atom stereocenters. The number of nitrogens with one attached hydrogen (secondary N) is 1. The predicted octanol–water partition coefficient (Wildman–Crippen LogP) is 4.72. The molecule has 2 aromatic carbocycles. The van der Waals surface area contributed by atoms with Crippen molar-refractivity contribution in [2.45, 2.75) is 13.3 Å². The second kappa shape index (κ2) is 7.37. The lowest BCUT2D eigenvalue weighted by Gasteiger charge is -2.13. The molecule has 2 heterocycles. The maximum absolute atomic E-state index is 5.99. The van der Waals surface area contributed by atoms with Gasteiger partial charge < -0.3 is 14.6 Å². The van der Waals surface area contributed by atoms with Crippen LogP contribution in [0.2, 0.25) is 0 Å². The van der Waals surface area contributed by atoms with E-state index >= 15 is 0 Å². The molecule has 138 valence electrons. The first-order valence-electron chi connectivity index (χ1n) is 9.27. The summed E-state index contributed by atoms with van der Waals surface area (Å²) >= 11 is 0. The molecule has 0 aliphatic heterocycles. The lowest BCUT2D eigenvalue weighted by molar-refractivity contribution is 0.405. The quantitative estimate of drug-likeness (QED) is 0.505. The van der Waals surface area contributed by atoms with E-state index in [0.717, 1.165) is 47.2 Å². The summed E-state index contributed by atoms with van der Waals surface area (Å²) in [5.74, 6) is 2.17. The lowest BCUT2D eigenvalue weighted by atomic mass is 10.1. The van der Waals surface area contributed by atoms with Gasteiger partial charge in [0.1, 0.15) is 11.4 Å². The zero-order valence-corrected chi connectivity index (χ0v) is 16.0. The van der Waals surface area contributed by atoms with Crippen LogP contribution in [0.3, 0.4) is 0 Å². The van der Waals surface area contributed by atoms with Gasteiger partial charge in [-0.05, 0) is 57.7 Å². The van der Waals surface area contributed by atoms with Gasteiger partial charge in [-0.2, -0.15) is 0 Å². The number of aromatic nitrogens is 2. The molecule has 4 rings (SSSR count). The molecule has 2 aromatic heterocycles. The van der Waals surface area contributed by atoms with E-state index in [9.17, 15) is 0 Å². The molecule has 5 heteroatoms. The van der Waals surface area contributed by atoms with E-state index in [0.29, 0.717) is 11.6 Å². The predicted molar refractivity (Wildman–Crippen MR) is 111 cm³/mol. The summed E-state index contributed by atoms with van der Waals surface area (Å²) < 4.78 is 5.99. The second-order valence-electron chi connectivity index (χ2n) is 7.10. The number of aryl methyl sites for hydroxylation is 1. The molecule has 0 radical (unpaired) electrons. The number of furan rings is 1. The van der Waals surface area contributed by atoms with Crippen molar-refractivity contribution in [1.82, 2.24) is 14.9 Å². The van der Waals surface area contributed by atoms with E-state index in [1.807, 2.05) is 42.5 Å². The SMILES string of the molecule is Cc1cccc2nc(-c3cc4ccccc4o3)nc(NCCCN(C)C)c12. The second-order valence-corrected chi connectivity index (χ2v) is 7.10. The van der Waals surface area contributed by atoms with Gasteiger partial charge in [-0.15, -0.1) is 0 Å². The Hall–Kier alpha value is -2.92. The standard InChI is InChI=1S/C22H24N4O/c1-15-8-6-10-17-20(15)22(23-12-7-13-26(2)3)25-21(24-17)19-14-16-9-4-5-11-18(16)27-19/h4-6,8-11,14H,7,12-13H2,1-3H3,(H,23,24,25). The highest BCUT2D eigenvalue weighted by Crippen LogP contribution is 2.30. The Morgan fingerprint density at radius 2 is 1.89 bits per heavy atom. The lowest BCUT2D eigenvalue weighted by Crippen LogP contribution is -2.17. The summed E-state index contributed by atoms with van der Waals surface area (Å²) in [5.41, 5.74) is 2.94. The number of hydrogen-bond acceptors (Lipinski definition) is 5. The average molecular weight is 360 g/mol. The molecule has 5 nitrogen and oxygen atoms in total. The number of nitrogens with zero attached hydrogens (tertiary/aromatic N) is 3. The topological polar surface area (TPSA) is 54.2 Å². The molecule has 0 aliphatic carbocycles. The van der Waals surface area contributed by atoms with Gasteiger partial charge in [0.25, 0.3) is 0 Å². The summed E-state index contributed by atoms with van der Waals surface area (Å²) in [7, 11) is 4.17. The Bertz CT molecular complexity index is 1050. The van der Waals surface area contributed by atoms with Crippen LogP contribution in [0.5, 0.6) is 0 Å². The van der Waals surface area contributed by atoms with E-state index in [-0.39, 0.29) is 0 Å². The fourth-order valence-electron chi connectivity index (χ4n) is 3.29. The molecule has 0 saturated heterocycles. The first kappa shape index (κ1) is 17.5. The van der Waals surface area contributed by atoms with Crippen molar-refractivity contribution in [2.24, 2.45) is 0 Å². The van der Waals surface area contributed by atoms with Gasteiger partial charge in [-0.25, -0.2) is 9.97 Å². The third-order valence-electron chi connectivity index (χ3n) is 4.65. The largest absolute Gasteiger partial charge is 0.453 e. The van der Waals surface area contributed by atoms with E-state index in [4.69, 9.17) is 14.4 Å². The Morgan fingerprint density at radius 3 is 2.70 bits per heavy atom. The third kappa shape index (κ3) is 3.64. The number of benzene rings is 2. The molecule has 0 unspecified atom stereocenters. The van der Waals surface area contributed by atoms with Crippen molar-refractivity contribution in [3.05, 3.63) is 54.1 Å². The van der Waals surface area contributed by atoms with Crippen molar-refractivity contribution >= 4 is 27.7 Å². The summed E-state index contributed by atoms with van der Waals surface area (Å²) in [6.07, 6.45) is 1.05. The zero-order valence-electron chi connectivity index (χ0n) is 16.0. The van der Waals surface area contributed by atoms with Crippen LogP contribution < -0.4 is 5.32 Å². The smallest absolute Gasteiger partial charge is 0.198 e. The maximum atomic E-state index is 5.99. The number of rotatable bonds is 6. The van der Waals surface area contributed by atoms with Crippen LogP contribution in [0.25, 0.3) is 33.5 Å². The number of hydrogen-bond donors (Lipinski definition) is 1. The van der Waals surface area contributed by atoms with Crippen molar-refractivity contribution in [2.75, 3.05) is 32.5 Å². The summed E-state index contributed by atoms with van der Waals surface area (Å²) in [6, 6.07) is 16.1. The molecular weight excluding hydrogens is 336 g/mol. The number of anilines is 1. The molecule has 4 aromatic rings. The van der Waals surface area contributed by atoms with Gasteiger partial charge in [0.2, 0.25) is 0 Å². The van der Waals surface area contributed by atoms with E-state index in [1.54, 1.807) is 0 Å². The number of fused-ring (bicyclic) bond motifs is 2. The summed E-state index contributed by atoms with van der Waals surface area (Å²) in [4.78, 5) is 11.8. The van der Waals surface area contributed by atoms with Crippen molar-refractivity contribution in [3.63, 3.8) is 0 Å². The number of para-hydroxylation sites is 1.